The number of unbranched alkanes of at least 4 members (excludes halogenated alkanes) is 1. The van der Waals surface area contributed by atoms with Crippen LogP contribution in [0.1, 0.15) is 25.6 Å². The monoisotopic (exact) mass is 517 g/mol. The minimum Gasteiger partial charge on any atom is -0.495 e. The van der Waals surface area contributed by atoms with Crippen LogP contribution in [0.4, 0.5) is 11.4 Å². The third kappa shape index (κ3) is 7.27. The molecule has 1 heterocycles. The first-order valence-corrected chi connectivity index (χ1v) is 13.2. The van der Waals surface area contributed by atoms with Gasteiger partial charge in [0, 0.05) is 17.4 Å². The van der Waals surface area contributed by atoms with E-state index in [-0.39, 0.29) is 11.7 Å². The molecule has 8 nitrogen and oxygen atoms in total. The Morgan fingerprint density at radius 1 is 1.00 bits per heavy atom. The highest BCUT2D eigenvalue weighted by Crippen LogP contribution is 2.26. The van der Waals surface area contributed by atoms with E-state index in [0.29, 0.717) is 24.0 Å². The molecular weight excluding hydrogens is 486 g/mol. The molecule has 0 aliphatic heterocycles. The number of nitrogens with one attached hydrogen (secondary N) is 2. The van der Waals surface area contributed by atoms with Crippen LogP contribution >= 0.6 is 11.8 Å². The number of hydrogen-bond acceptors (Lipinski definition) is 7. The van der Waals surface area contributed by atoms with E-state index in [2.05, 4.69) is 27.8 Å². The van der Waals surface area contributed by atoms with Crippen molar-refractivity contribution in [2.45, 2.75) is 31.5 Å². The lowest BCUT2D eigenvalue weighted by Crippen LogP contribution is -2.15. The molecule has 0 aliphatic carbocycles. The van der Waals surface area contributed by atoms with Gasteiger partial charge in [-0.05, 0) is 42.8 Å². The first kappa shape index (κ1) is 26.1. The molecule has 1 aromatic heterocycles. The first-order valence-electron chi connectivity index (χ1n) is 12.2. The maximum Gasteiger partial charge on any atom is 0.234 e. The van der Waals surface area contributed by atoms with Gasteiger partial charge in [-0.25, -0.2) is 0 Å². The second-order valence-electron chi connectivity index (χ2n) is 8.19. The number of anilines is 2. The van der Waals surface area contributed by atoms with E-state index in [1.165, 1.54) is 11.8 Å². The lowest BCUT2D eigenvalue weighted by atomic mass is 10.3. The van der Waals surface area contributed by atoms with Gasteiger partial charge in [0.1, 0.15) is 11.5 Å². The Labute approximate surface area is 221 Å². The highest BCUT2D eigenvalue weighted by atomic mass is 32.2. The van der Waals surface area contributed by atoms with Crippen molar-refractivity contribution in [1.82, 2.24) is 14.8 Å². The Kier molecular flexibility index (Phi) is 9.42. The summed E-state index contributed by atoms with van der Waals surface area (Å²) in [6.45, 7) is 3.21. The zero-order chi connectivity index (χ0) is 25.9. The minimum absolute atomic E-state index is 0.132. The third-order valence-electron chi connectivity index (χ3n) is 5.48. The summed E-state index contributed by atoms with van der Waals surface area (Å²) in [4.78, 5) is 12.7. The second-order valence-corrected chi connectivity index (χ2v) is 9.13. The normalized spacial score (nSPS) is 10.6. The summed E-state index contributed by atoms with van der Waals surface area (Å²) in [5.74, 6) is 2.27. The Morgan fingerprint density at radius 3 is 2.62 bits per heavy atom. The standard InChI is InChI=1S/C28H31N5O3S/c1-3-4-17-36-23-14-10-11-21(18-23)30-27(34)20-37-28-32-31-26(33(28)22-12-6-5-7-13-22)19-29-24-15-8-9-16-25(24)35-2/h5-16,18,29H,3-4,17,19-20H2,1-2H3,(H,30,34). The number of aromatic nitrogens is 3. The highest BCUT2D eigenvalue weighted by molar-refractivity contribution is 7.99. The largest absolute Gasteiger partial charge is 0.495 e. The van der Waals surface area contributed by atoms with Gasteiger partial charge in [-0.3, -0.25) is 9.36 Å². The van der Waals surface area contributed by atoms with Crippen molar-refractivity contribution in [3.05, 3.63) is 84.7 Å². The van der Waals surface area contributed by atoms with Gasteiger partial charge in [0.2, 0.25) is 5.91 Å². The van der Waals surface area contributed by atoms with Gasteiger partial charge in [-0.2, -0.15) is 0 Å². The Balaban J connectivity index is 1.44. The summed E-state index contributed by atoms with van der Waals surface area (Å²) in [5.41, 5.74) is 2.48. The fourth-order valence-electron chi connectivity index (χ4n) is 3.63. The van der Waals surface area contributed by atoms with Crippen LogP contribution in [0.25, 0.3) is 5.69 Å². The SMILES string of the molecule is CCCCOc1cccc(NC(=O)CSc2nnc(CNc3ccccc3OC)n2-c2ccccc2)c1. The molecule has 3 aromatic carbocycles. The number of thioether (sulfide) groups is 1. The molecule has 4 rings (SSSR count). The summed E-state index contributed by atoms with van der Waals surface area (Å²) in [5, 5.41) is 15.8. The van der Waals surface area contributed by atoms with Crippen molar-refractivity contribution in [2.75, 3.05) is 30.1 Å². The van der Waals surface area contributed by atoms with Gasteiger partial charge < -0.3 is 20.1 Å². The van der Waals surface area contributed by atoms with Crippen molar-refractivity contribution < 1.29 is 14.3 Å². The molecule has 0 bridgehead atoms. The Morgan fingerprint density at radius 2 is 1.81 bits per heavy atom. The fraction of sp³-hybridized carbons (Fsp3) is 0.250. The number of ether oxygens (including phenoxy) is 2. The number of hydrogen-bond donors (Lipinski definition) is 2. The number of carbonyl (C=O) groups is 1. The minimum atomic E-state index is -0.132. The van der Waals surface area contributed by atoms with Crippen molar-refractivity contribution in [2.24, 2.45) is 0 Å². The molecule has 192 valence electrons. The fourth-order valence-corrected chi connectivity index (χ4v) is 4.41. The van der Waals surface area contributed by atoms with E-state index in [9.17, 15) is 4.79 Å². The van der Waals surface area contributed by atoms with Crippen LogP contribution in [0, 0.1) is 0 Å². The molecule has 0 radical (unpaired) electrons. The van der Waals surface area contributed by atoms with E-state index < -0.39 is 0 Å². The van der Waals surface area contributed by atoms with Crippen LogP contribution in [0.2, 0.25) is 0 Å². The van der Waals surface area contributed by atoms with Gasteiger partial charge in [-0.15, -0.1) is 10.2 Å². The van der Waals surface area contributed by atoms with Crippen LogP contribution in [0.15, 0.2) is 84.0 Å². The molecule has 4 aromatic rings. The van der Waals surface area contributed by atoms with E-state index >= 15 is 0 Å². The van der Waals surface area contributed by atoms with Crippen LogP contribution < -0.4 is 20.1 Å². The summed E-state index contributed by atoms with van der Waals surface area (Å²) in [6.07, 6.45) is 2.06. The molecule has 9 heteroatoms. The molecule has 0 unspecified atom stereocenters. The van der Waals surface area contributed by atoms with Crippen molar-refractivity contribution in [3.63, 3.8) is 0 Å². The van der Waals surface area contributed by atoms with E-state index in [4.69, 9.17) is 9.47 Å². The molecular formula is C28H31N5O3S. The molecule has 0 atom stereocenters. The van der Waals surface area contributed by atoms with Crippen LogP contribution in [0.5, 0.6) is 11.5 Å². The first-order chi connectivity index (χ1) is 18.2. The molecule has 0 aliphatic rings. The molecule has 2 N–H and O–H groups in total. The van der Waals surface area contributed by atoms with Crippen LogP contribution in [-0.2, 0) is 11.3 Å². The number of para-hydroxylation sites is 3. The lowest BCUT2D eigenvalue weighted by Gasteiger charge is -2.13. The quantitative estimate of drug-likeness (QED) is 0.171. The molecule has 0 saturated heterocycles. The van der Waals surface area contributed by atoms with Crippen molar-refractivity contribution in [1.29, 1.82) is 0 Å². The third-order valence-corrected chi connectivity index (χ3v) is 6.40. The van der Waals surface area contributed by atoms with Gasteiger partial charge in [0.05, 0.1) is 31.7 Å². The van der Waals surface area contributed by atoms with Crippen LogP contribution in [0.3, 0.4) is 0 Å². The van der Waals surface area contributed by atoms with E-state index in [0.717, 1.165) is 41.5 Å². The zero-order valence-corrected chi connectivity index (χ0v) is 21.8. The summed E-state index contributed by atoms with van der Waals surface area (Å²) in [6, 6.07) is 25.0. The second kappa shape index (κ2) is 13.4. The average Bonchev–Trinajstić information content (AvgIpc) is 3.34. The number of carbonyl (C=O) groups excluding carboxylic acids is 1. The lowest BCUT2D eigenvalue weighted by molar-refractivity contribution is -0.113. The molecule has 37 heavy (non-hydrogen) atoms. The summed E-state index contributed by atoms with van der Waals surface area (Å²) < 4.78 is 13.1. The molecule has 1 amide bonds. The predicted molar refractivity (Wildman–Crippen MR) is 148 cm³/mol. The zero-order valence-electron chi connectivity index (χ0n) is 21.0. The molecule has 0 spiro atoms. The topological polar surface area (TPSA) is 90.3 Å². The number of methoxy groups -OCH3 is 1. The van der Waals surface area contributed by atoms with Gasteiger partial charge in [-0.1, -0.05) is 61.5 Å². The average molecular weight is 518 g/mol. The Hall–Kier alpha value is -3.98. The number of nitrogens with zero attached hydrogens (tertiary/aromatic N) is 3. The van der Waals surface area contributed by atoms with Gasteiger partial charge >= 0.3 is 0 Å². The maximum atomic E-state index is 12.7. The number of amides is 1. The van der Waals surface area contributed by atoms with Crippen molar-refractivity contribution in [3.8, 4) is 17.2 Å². The van der Waals surface area contributed by atoms with Crippen LogP contribution in [-0.4, -0.2) is 40.1 Å². The maximum absolute atomic E-state index is 12.7. The van der Waals surface area contributed by atoms with Crippen molar-refractivity contribution >= 4 is 29.0 Å². The number of benzene rings is 3. The summed E-state index contributed by atoms with van der Waals surface area (Å²) >= 11 is 1.33. The van der Waals surface area contributed by atoms with Gasteiger partial charge in [0.15, 0.2) is 11.0 Å². The van der Waals surface area contributed by atoms with Gasteiger partial charge in [0.25, 0.3) is 0 Å². The Bertz CT molecular complexity index is 1300. The van der Waals surface area contributed by atoms with E-state index in [1.54, 1.807) is 7.11 Å². The number of rotatable bonds is 13. The van der Waals surface area contributed by atoms with E-state index in [1.807, 2.05) is 83.4 Å². The summed E-state index contributed by atoms with van der Waals surface area (Å²) in [7, 11) is 1.64. The predicted octanol–water partition coefficient (Wildman–Crippen LogP) is 5.80. The smallest absolute Gasteiger partial charge is 0.234 e. The molecule has 0 fully saturated rings. The highest BCUT2D eigenvalue weighted by Gasteiger charge is 2.16. The molecule has 0 saturated carbocycles.